The zero-order valence-electron chi connectivity index (χ0n) is 17.6. The molecule has 0 aliphatic heterocycles. The number of aliphatic hydroxyl groups is 1. The zero-order valence-corrected chi connectivity index (χ0v) is 21.5. The molecule has 0 saturated heterocycles. The fourth-order valence-electron chi connectivity index (χ4n) is 1.70. The summed E-state index contributed by atoms with van der Waals surface area (Å²) in [7, 11) is 1.27. The molecule has 0 radical (unpaired) electrons. The van der Waals surface area contributed by atoms with Gasteiger partial charge in [-0.15, -0.1) is 0 Å². The Balaban J connectivity index is -0.000000407. The number of methoxy groups -OCH3 is 2. The normalized spacial score (nSPS) is 10.7. The van der Waals surface area contributed by atoms with Gasteiger partial charge in [0.05, 0.1) is 25.3 Å². The van der Waals surface area contributed by atoms with Gasteiger partial charge in [0.25, 0.3) is 0 Å². The standard InChI is InChI=1S/C16H27BrO4Si.3CO.Cr/c1-16(2,3)22(6,7)21-10-13(18)12-8-11(19-4)9-14(20-5)15(12)17;3*1-2;/h8-9,13,18H,10H2,1-7H3;;;;/t13-;;;;/m0..../s1. The summed E-state index contributed by atoms with van der Waals surface area (Å²) in [6, 6.07) is 3.57. The fourth-order valence-corrected chi connectivity index (χ4v) is 3.36. The van der Waals surface area contributed by atoms with Gasteiger partial charge >= 0.3 is 33.9 Å². The van der Waals surface area contributed by atoms with Gasteiger partial charge in [-0.1, -0.05) is 20.8 Å². The Kier molecular flexibility index (Phi) is 22.1. The molecule has 1 aromatic carbocycles. The van der Waals surface area contributed by atoms with Gasteiger partial charge in [0.15, 0.2) is 8.32 Å². The Morgan fingerprint density at radius 1 is 1.03 bits per heavy atom. The Labute approximate surface area is 193 Å². The van der Waals surface area contributed by atoms with Crippen LogP contribution >= 0.6 is 15.9 Å². The number of hydrogen-bond donors (Lipinski definition) is 1. The van der Waals surface area contributed by atoms with E-state index in [9.17, 15) is 5.11 Å². The van der Waals surface area contributed by atoms with Gasteiger partial charge in [0.2, 0.25) is 0 Å². The van der Waals surface area contributed by atoms with Gasteiger partial charge in [-0.25, -0.2) is 0 Å². The number of halogens is 1. The van der Waals surface area contributed by atoms with Crippen LogP contribution in [0.2, 0.25) is 18.1 Å². The van der Waals surface area contributed by atoms with Crippen LogP contribution in [0, 0.1) is 20.0 Å². The molecule has 162 valence electrons. The first-order valence-corrected chi connectivity index (χ1v) is 11.6. The number of rotatable bonds is 6. The molecule has 0 amide bonds. The predicted molar refractivity (Wildman–Crippen MR) is 107 cm³/mol. The predicted octanol–water partition coefficient (Wildman–Crippen LogP) is 4.41. The van der Waals surface area contributed by atoms with Crippen LogP contribution in [0.5, 0.6) is 11.5 Å². The molecule has 1 atom stereocenters. The van der Waals surface area contributed by atoms with E-state index in [2.05, 4.69) is 69.7 Å². The third-order valence-corrected chi connectivity index (χ3v) is 9.61. The monoisotopic (exact) mass is 526 g/mol. The van der Waals surface area contributed by atoms with E-state index in [0.29, 0.717) is 17.1 Å². The van der Waals surface area contributed by atoms with E-state index < -0.39 is 14.4 Å². The van der Waals surface area contributed by atoms with E-state index in [1.54, 1.807) is 26.4 Å². The van der Waals surface area contributed by atoms with Gasteiger partial charge in [0, 0.05) is 29.0 Å². The minimum Gasteiger partial charge on any atom is 0 e. The van der Waals surface area contributed by atoms with E-state index in [0.717, 1.165) is 4.47 Å². The minimum absolute atomic E-state index is 0. The van der Waals surface area contributed by atoms with Gasteiger partial charge in [0.1, 0.15) is 17.6 Å². The molecule has 0 bridgehead atoms. The number of aliphatic hydroxyl groups excluding tert-OH is 1. The number of ether oxygens (including phenoxy) is 2. The summed E-state index contributed by atoms with van der Waals surface area (Å²) in [6.45, 7) is 24.6. The average molecular weight is 527 g/mol. The second kappa shape index (κ2) is 18.0. The van der Waals surface area contributed by atoms with Gasteiger partial charge < -0.3 is 19.0 Å². The number of benzene rings is 1. The van der Waals surface area contributed by atoms with Crippen molar-refractivity contribution in [2.75, 3.05) is 20.8 Å². The van der Waals surface area contributed by atoms with E-state index in [-0.39, 0.29) is 29.0 Å². The first-order chi connectivity index (χ1) is 13.0. The second-order valence-electron chi connectivity index (χ2n) is 6.82. The Morgan fingerprint density at radius 3 is 1.83 bits per heavy atom. The van der Waals surface area contributed by atoms with Crippen molar-refractivity contribution in [3.05, 3.63) is 42.1 Å². The van der Waals surface area contributed by atoms with Crippen molar-refractivity contribution < 1.29 is 50.3 Å². The van der Waals surface area contributed by atoms with E-state index in [1.807, 2.05) is 0 Å². The third-order valence-electron chi connectivity index (χ3n) is 4.26. The molecule has 7 nitrogen and oxygen atoms in total. The van der Waals surface area contributed by atoms with Crippen LogP contribution in [0.4, 0.5) is 0 Å². The van der Waals surface area contributed by atoms with Crippen molar-refractivity contribution in [1.29, 1.82) is 0 Å². The maximum Gasteiger partial charge on any atom is 0 e. The summed E-state index contributed by atoms with van der Waals surface area (Å²) >= 11 is 3.48. The molecule has 0 saturated carbocycles. The molecular formula is C19H27BrCrO7Si. The first kappa shape index (κ1) is 35.6. The van der Waals surface area contributed by atoms with Crippen LogP contribution in [0.15, 0.2) is 16.6 Å². The maximum atomic E-state index is 10.5. The van der Waals surface area contributed by atoms with Crippen molar-refractivity contribution >= 4 is 24.2 Å². The first-order valence-electron chi connectivity index (χ1n) is 7.88. The Hall–Kier alpha value is -0.811. The average Bonchev–Trinajstić information content (AvgIpc) is 2.70. The number of hydrogen-bond acceptors (Lipinski definition) is 4. The van der Waals surface area contributed by atoms with Gasteiger partial charge in [-0.2, -0.15) is 0 Å². The SMILES string of the molecule is COc1cc(OC)c(Br)c([C@@H](O)CO[Si](C)(C)C(C)(C)C)c1.[C-]#[O+].[C-]#[O+].[C-]#[O+].[Cr]. The van der Waals surface area contributed by atoms with Crippen LogP contribution in [0.25, 0.3) is 0 Å². The van der Waals surface area contributed by atoms with Crippen LogP contribution in [0.1, 0.15) is 32.4 Å². The Bertz CT molecular complexity index is 626. The molecule has 1 rings (SSSR count). The van der Waals surface area contributed by atoms with Crippen molar-refractivity contribution in [1.82, 2.24) is 0 Å². The van der Waals surface area contributed by atoms with Crippen LogP contribution < -0.4 is 9.47 Å². The van der Waals surface area contributed by atoms with Crippen LogP contribution in [-0.2, 0) is 35.7 Å². The second-order valence-corrected chi connectivity index (χ2v) is 12.4. The summed E-state index contributed by atoms with van der Waals surface area (Å²) < 4.78 is 39.9. The summed E-state index contributed by atoms with van der Waals surface area (Å²) in [5, 5.41) is 10.6. The Morgan fingerprint density at radius 2 is 1.48 bits per heavy atom. The van der Waals surface area contributed by atoms with Crippen LogP contribution in [-0.4, -0.2) is 34.3 Å². The molecule has 0 aliphatic rings. The van der Waals surface area contributed by atoms with E-state index >= 15 is 0 Å². The smallest absolute Gasteiger partial charge is 0 e. The molecule has 0 fully saturated rings. The summed E-state index contributed by atoms with van der Waals surface area (Å²) in [6.07, 6.45) is -0.743. The van der Waals surface area contributed by atoms with E-state index in [4.69, 9.17) is 27.9 Å². The summed E-state index contributed by atoms with van der Waals surface area (Å²) in [5.41, 5.74) is 0.704. The van der Waals surface area contributed by atoms with Crippen molar-refractivity contribution in [2.24, 2.45) is 0 Å². The zero-order chi connectivity index (χ0) is 23.1. The summed E-state index contributed by atoms with van der Waals surface area (Å²) in [5.74, 6) is 1.27. The molecule has 1 aromatic rings. The minimum atomic E-state index is -1.90. The topological polar surface area (TPSA) is 108 Å². The van der Waals surface area contributed by atoms with Crippen molar-refractivity contribution in [3.63, 3.8) is 0 Å². The quantitative estimate of drug-likeness (QED) is 0.336. The molecule has 10 heteroatoms. The molecule has 0 spiro atoms. The molecule has 0 heterocycles. The van der Waals surface area contributed by atoms with Crippen molar-refractivity contribution in [3.8, 4) is 11.5 Å². The molecule has 0 unspecified atom stereocenters. The molecule has 29 heavy (non-hydrogen) atoms. The molecule has 1 N–H and O–H groups in total. The van der Waals surface area contributed by atoms with Crippen molar-refractivity contribution in [2.45, 2.75) is 45.0 Å². The summed E-state index contributed by atoms with van der Waals surface area (Å²) in [4.78, 5) is 0. The third kappa shape index (κ3) is 11.8. The maximum absolute atomic E-state index is 10.5. The van der Waals surface area contributed by atoms with E-state index in [1.165, 1.54) is 0 Å². The van der Waals surface area contributed by atoms with Crippen LogP contribution in [0.3, 0.4) is 0 Å². The van der Waals surface area contributed by atoms with Gasteiger partial charge in [-0.3, -0.25) is 0 Å². The molecule has 0 aliphatic carbocycles. The fraction of sp³-hybridized carbons (Fsp3) is 0.526. The van der Waals surface area contributed by atoms with Gasteiger partial charge in [-0.05, 0) is 40.1 Å². The molecular weight excluding hydrogens is 500 g/mol. The largest absolute Gasteiger partial charge is 0 e. The molecule has 0 aromatic heterocycles.